The van der Waals surface area contributed by atoms with Gasteiger partial charge in [0.1, 0.15) is 5.76 Å². The van der Waals surface area contributed by atoms with Crippen LogP contribution in [0.3, 0.4) is 0 Å². The molecule has 0 unspecified atom stereocenters. The van der Waals surface area contributed by atoms with E-state index < -0.39 is 12.0 Å². The van der Waals surface area contributed by atoms with Crippen LogP contribution in [-0.4, -0.2) is 58.7 Å². The molecular formula is C31H28N6O7S2. The lowest BCUT2D eigenvalue weighted by Gasteiger charge is -2.26. The summed E-state index contributed by atoms with van der Waals surface area (Å²) in [5.41, 5.74) is 1.64. The van der Waals surface area contributed by atoms with E-state index in [1.165, 1.54) is 49.0 Å². The highest BCUT2D eigenvalue weighted by Crippen LogP contribution is 2.42. The number of carbonyl (C=O) groups is 1. The number of fused-ring (bicyclic) bond motifs is 1. The summed E-state index contributed by atoms with van der Waals surface area (Å²) in [5.74, 6) is 0.981. The van der Waals surface area contributed by atoms with Gasteiger partial charge in [0.25, 0.3) is 5.56 Å². The van der Waals surface area contributed by atoms with E-state index in [-0.39, 0.29) is 17.7 Å². The van der Waals surface area contributed by atoms with Gasteiger partial charge in [-0.2, -0.15) is 4.68 Å². The maximum atomic E-state index is 14.1. The van der Waals surface area contributed by atoms with Gasteiger partial charge in [-0.05, 0) is 78.0 Å². The van der Waals surface area contributed by atoms with Gasteiger partial charge < -0.3 is 23.4 Å². The van der Waals surface area contributed by atoms with Gasteiger partial charge >= 0.3 is 5.97 Å². The van der Waals surface area contributed by atoms with Gasteiger partial charge in [0.15, 0.2) is 21.4 Å². The molecular weight excluding hydrogens is 633 g/mol. The fourth-order valence-electron chi connectivity index (χ4n) is 5.03. The lowest BCUT2D eigenvalue weighted by molar-refractivity contribution is -0.139. The standard InChI is InChI=1S/C31H28N6O7S2/c1-6-43-29(39)25-17(2)32-30-36(26(25)18-14-21(40-3)27(42-5)22(15-18)41-4)28(38)23(45-30)16-20-12-13-24(44-20)46-31-33-34-35-37(31)19-10-8-7-9-11-19/h7-16,26H,6H2,1-5H3/b23-16-/t26-/m0/s1. The SMILES string of the molecule is CCOC(=O)C1=C(C)N=c2s/c(=C\c3ccc(Sc4nnnn4-c4ccccc4)o3)c(=O)n2[C@H]1c1cc(OC)c(OC)c(OC)c1. The Bertz CT molecular complexity index is 2110. The molecule has 236 valence electrons. The maximum absolute atomic E-state index is 14.1. The third-order valence-corrected chi connectivity index (χ3v) is 8.87. The molecule has 1 aliphatic heterocycles. The minimum atomic E-state index is -0.884. The van der Waals surface area contributed by atoms with Gasteiger partial charge in [-0.15, -0.1) is 5.10 Å². The lowest BCUT2D eigenvalue weighted by atomic mass is 9.95. The lowest BCUT2D eigenvalue weighted by Crippen LogP contribution is -2.40. The molecule has 2 aromatic carbocycles. The number of rotatable bonds is 10. The van der Waals surface area contributed by atoms with Gasteiger partial charge in [0.2, 0.25) is 10.9 Å². The highest BCUT2D eigenvalue weighted by Gasteiger charge is 2.34. The number of para-hydroxylation sites is 1. The molecule has 13 nitrogen and oxygen atoms in total. The van der Waals surface area contributed by atoms with Crippen molar-refractivity contribution < 1.29 is 28.2 Å². The van der Waals surface area contributed by atoms with Crippen molar-refractivity contribution in [2.45, 2.75) is 30.1 Å². The molecule has 0 aliphatic carbocycles. The van der Waals surface area contributed by atoms with Crippen LogP contribution >= 0.6 is 23.1 Å². The first-order chi connectivity index (χ1) is 22.4. The molecule has 1 atom stereocenters. The van der Waals surface area contributed by atoms with Gasteiger partial charge in [-0.25, -0.2) is 9.79 Å². The number of methoxy groups -OCH3 is 3. The first kappa shape index (κ1) is 30.9. The average Bonchev–Trinajstić information content (AvgIpc) is 3.79. The van der Waals surface area contributed by atoms with Crippen LogP contribution in [0.5, 0.6) is 17.2 Å². The maximum Gasteiger partial charge on any atom is 0.338 e. The molecule has 0 spiro atoms. The molecule has 1 aliphatic rings. The normalized spacial score (nSPS) is 14.5. The zero-order valence-electron chi connectivity index (χ0n) is 25.4. The third-order valence-electron chi connectivity index (χ3n) is 7.03. The number of tetrazole rings is 1. The number of hydrogen-bond donors (Lipinski definition) is 0. The Morgan fingerprint density at radius 3 is 2.48 bits per heavy atom. The van der Waals surface area contributed by atoms with Crippen molar-refractivity contribution in [3.8, 4) is 22.9 Å². The van der Waals surface area contributed by atoms with E-state index >= 15 is 0 Å². The molecule has 0 amide bonds. The van der Waals surface area contributed by atoms with E-state index in [2.05, 4.69) is 20.5 Å². The summed E-state index contributed by atoms with van der Waals surface area (Å²) in [4.78, 5) is 32.4. The second kappa shape index (κ2) is 13.1. The number of ether oxygens (including phenoxy) is 4. The van der Waals surface area contributed by atoms with Gasteiger partial charge in [0.05, 0.1) is 55.5 Å². The Balaban J connectivity index is 1.42. The summed E-state index contributed by atoms with van der Waals surface area (Å²) in [6, 6.07) is 15.6. The second-order valence-corrected chi connectivity index (χ2v) is 11.7. The van der Waals surface area contributed by atoms with Crippen molar-refractivity contribution in [1.29, 1.82) is 0 Å². The molecule has 15 heteroatoms. The van der Waals surface area contributed by atoms with E-state index in [4.69, 9.17) is 23.4 Å². The molecule has 3 aromatic heterocycles. The quantitative estimate of drug-likeness (QED) is 0.203. The Morgan fingerprint density at radius 2 is 1.80 bits per heavy atom. The molecule has 0 N–H and O–H groups in total. The predicted octanol–water partition coefficient (Wildman–Crippen LogP) is 3.54. The summed E-state index contributed by atoms with van der Waals surface area (Å²) in [5, 5.41) is 13.0. The number of nitrogens with zero attached hydrogens (tertiary/aromatic N) is 6. The Morgan fingerprint density at radius 1 is 1.07 bits per heavy atom. The van der Waals surface area contributed by atoms with Crippen molar-refractivity contribution in [2.75, 3.05) is 27.9 Å². The smallest absolute Gasteiger partial charge is 0.338 e. The fraction of sp³-hybridized carbons (Fsp3) is 0.226. The largest absolute Gasteiger partial charge is 0.493 e. The van der Waals surface area contributed by atoms with Crippen LogP contribution in [0.4, 0.5) is 0 Å². The first-order valence-corrected chi connectivity index (χ1v) is 15.6. The van der Waals surface area contributed by atoms with Crippen molar-refractivity contribution in [3.05, 3.63) is 96.9 Å². The molecule has 46 heavy (non-hydrogen) atoms. The molecule has 0 saturated carbocycles. The van der Waals surface area contributed by atoms with Crippen LogP contribution in [0.25, 0.3) is 11.8 Å². The summed E-state index contributed by atoms with van der Waals surface area (Å²) >= 11 is 2.42. The molecule has 6 rings (SSSR count). The van der Waals surface area contributed by atoms with E-state index in [0.717, 1.165) is 5.69 Å². The third kappa shape index (κ3) is 5.70. The van der Waals surface area contributed by atoms with Gasteiger partial charge in [0, 0.05) is 6.08 Å². The summed E-state index contributed by atoms with van der Waals surface area (Å²) < 4.78 is 31.5. The monoisotopic (exact) mass is 660 g/mol. The van der Waals surface area contributed by atoms with Crippen molar-refractivity contribution in [1.82, 2.24) is 24.8 Å². The Hall–Kier alpha value is -5.15. The molecule has 0 bridgehead atoms. The molecule has 0 saturated heterocycles. The van der Waals surface area contributed by atoms with E-state index in [0.29, 0.717) is 53.9 Å². The van der Waals surface area contributed by atoms with Crippen LogP contribution in [0.2, 0.25) is 0 Å². The number of benzene rings is 2. The zero-order chi connectivity index (χ0) is 32.4. The summed E-state index contributed by atoms with van der Waals surface area (Å²) in [6.45, 7) is 3.58. The van der Waals surface area contributed by atoms with Gasteiger partial charge in [-0.3, -0.25) is 9.36 Å². The summed E-state index contributed by atoms with van der Waals surface area (Å²) in [6.07, 6.45) is 1.64. The number of esters is 1. The fourth-order valence-corrected chi connectivity index (χ4v) is 6.81. The number of allylic oxidation sites excluding steroid dienone is 1. The second-order valence-electron chi connectivity index (χ2n) is 9.73. The van der Waals surface area contributed by atoms with Crippen LogP contribution in [0.1, 0.15) is 31.2 Å². The molecule has 0 radical (unpaired) electrons. The number of hydrogen-bond acceptors (Lipinski definition) is 13. The average molecular weight is 661 g/mol. The molecule has 0 fully saturated rings. The molecule has 4 heterocycles. The van der Waals surface area contributed by atoms with Crippen LogP contribution in [-0.2, 0) is 9.53 Å². The van der Waals surface area contributed by atoms with Crippen LogP contribution < -0.4 is 29.1 Å². The predicted molar refractivity (Wildman–Crippen MR) is 168 cm³/mol. The topological polar surface area (TPSA) is 145 Å². The summed E-state index contributed by atoms with van der Waals surface area (Å²) in [7, 11) is 4.50. The number of thiazole rings is 1. The van der Waals surface area contributed by atoms with Gasteiger partial charge in [-0.1, -0.05) is 29.5 Å². The number of aromatic nitrogens is 5. The van der Waals surface area contributed by atoms with E-state index in [9.17, 15) is 9.59 Å². The highest BCUT2D eigenvalue weighted by molar-refractivity contribution is 7.99. The number of carbonyl (C=O) groups excluding carboxylic acids is 1. The van der Waals surface area contributed by atoms with Crippen LogP contribution in [0, 0.1) is 0 Å². The van der Waals surface area contributed by atoms with Crippen molar-refractivity contribution in [2.24, 2.45) is 4.99 Å². The minimum absolute atomic E-state index is 0.151. The molecule has 5 aromatic rings. The van der Waals surface area contributed by atoms with Crippen molar-refractivity contribution in [3.63, 3.8) is 0 Å². The Labute approximate surface area is 270 Å². The Kier molecular flexibility index (Phi) is 8.76. The first-order valence-electron chi connectivity index (χ1n) is 14.0. The van der Waals surface area contributed by atoms with E-state index in [1.54, 1.807) is 48.9 Å². The number of furan rings is 1. The van der Waals surface area contributed by atoms with Crippen LogP contribution in [0.15, 0.2) is 90.3 Å². The van der Waals surface area contributed by atoms with Crippen molar-refractivity contribution >= 4 is 35.1 Å². The van der Waals surface area contributed by atoms with E-state index in [1.807, 2.05) is 30.3 Å². The minimum Gasteiger partial charge on any atom is -0.493 e. The zero-order valence-corrected chi connectivity index (χ0v) is 27.0. The highest BCUT2D eigenvalue weighted by atomic mass is 32.2.